The summed E-state index contributed by atoms with van der Waals surface area (Å²) >= 11 is 0. The minimum atomic E-state index is -2.74. The normalized spacial score (nSPS) is 25.4. The smallest absolute Gasteiger partial charge is 0.157 e. The maximum Gasteiger partial charge on any atom is 0.157 e. The van der Waals surface area contributed by atoms with Gasteiger partial charge >= 0.3 is 0 Å². The molecular formula is C4H5O2SSi. The van der Waals surface area contributed by atoms with Crippen molar-refractivity contribution in [2.45, 2.75) is 0 Å². The standard InChI is InChI=1S/C4H5O2SSi/c5-7(6)2-1-4(8)3-7/h1H,2-3H2. The molecule has 1 aliphatic rings. The van der Waals surface area contributed by atoms with Gasteiger partial charge in [0.1, 0.15) is 0 Å². The SMILES string of the molecule is O=S1(=O)CC=C([Si])C1. The second-order valence-corrected chi connectivity index (χ2v) is 4.54. The van der Waals surface area contributed by atoms with Crippen molar-refractivity contribution >= 4 is 20.1 Å². The van der Waals surface area contributed by atoms with Crippen LogP contribution in [0.3, 0.4) is 0 Å². The minimum Gasteiger partial charge on any atom is -0.228 e. The minimum absolute atomic E-state index is 0.184. The predicted molar refractivity (Wildman–Crippen MR) is 32.5 cm³/mol. The molecule has 0 aliphatic carbocycles. The molecule has 3 radical (unpaired) electrons. The Labute approximate surface area is 51.9 Å². The highest BCUT2D eigenvalue weighted by Crippen LogP contribution is 2.06. The zero-order valence-corrected chi connectivity index (χ0v) is 6.03. The molecule has 0 bridgehead atoms. The summed E-state index contributed by atoms with van der Waals surface area (Å²) < 4.78 is 21.1. The molecule has 8 heavy (non-hydrogen) atoms. The van der Waals surface area contributed by atoms with Crippen LogP contribution in [0.15, 0.2) is 11.3 Å². The lowest BCUT2D eigenvalue weighted by atomic mass is 10.6. The van der Waals surface area contributed by atoms with E-state index in [0.29, 0.717) is 0 Å². The van der Waals surface area contributed by atoms with Crippen molar-refractivity contribution in [3.05, 3.63) is 11.3 Å². The molecular weight excluding hydrogens is 140 g/mol. The molecule has 0 saturated heterocycles. The summed E-state index contributed by atoms with van der Waals surface area (Å²) in [6.45, 7) is 0. The Morgan fingerprint density at radius 1 is 1.62 bits per heavy atom. The Balaban J connectivity index is 2.85. The number of sulfone groups is 1. The van der Waals surface area contributed by atoms with E-state index < -0.39 is 9.84 Å². The molecule has 2 nitrogen and oxygen atoms in total. The Morgan fingerprint density at radius 3 is 2.38 bits per heavy atom. The van der Waals surface area contributed by atoms with Crippen LogP contribution in [-0.2, 0) is 9.84 Å². The lowest BCUT2D eigenvalue weighted by molar-refractivity contribution is 0.603. The third kappa shape index (κ3) is 1.20. The Bertz CT molecular complexity index is 214. The van der Waals surface area contributed by atoms with E-state index in [9.17, 15) is 8.42 Å². The van der Waals surface area contributed by atoms with Gasteiger partial charge in [-0.05, 0) is 0 Å². The van der Waals surface area contributed by atoms with Gasteiger partial charge in [-0.3, -0.25) is 0 Å². The van der Waals surface area contributed by atoms with E-state index in [4.69, 9.17) is 0 Å². The van der Waals surface area contributed by atoms with Gasteiger partial charge < -0.3 is 0 Å². The first-order chi connectivity index (χ1) is 3.60. The first kappa shape index (κ1) is 6.03. The van der Waals surface area contributed by atoms with Gasteiger partial charge in [0.15, 0.2) is 9.84 Å². The largest absolute Gasteiger partial charge is 0.228 e. The van der Waals surface area contributed by atoms with Crippen molar-refractivity contribution in [1.82, 2.24) is 0 Å². The van der Waals surface area contributed by atoms with Crippen molar-refractivity contribution in [3.8, 4) is 0 Å². The van der Waals surface area contributed by atoms with Gasteiger partial charge in [0.25, 0.3) is 0 Å². The lowest BCUT2D eigenvalue weighted by Gasteiger charge is -1.86. The van der Waals surface area contributed by atoms with Crippen molar-refractivity contribution < 1.29 is 8.42 Å². The molecule has 1 aliphatic heterocycles. The maximum atomic E-state index is 10.6. The summed E-state index contributed by atoms with van der Waals surface area (Å²) in [5.74, 6) is 0.385. The fourth-order valence-electron chi connectivity index (χ4n) is 0.582. The number of hydrogen-bond donors (Lipinski definition) is 0. The number of rotatable bonds is 0. The predicted octanol–water partition coefficient (Wildman–Crippen LogP) is -0.533. The third-order valence-electron chi connectivity index (χ3n) is 0.959. The van der Waals surface area contributed by atoms with Crippen LogP contribution in [0.4, 0.5) is 0 Å². The molecule has 0 unspecified atom stereocenters. The summed E-state index contributed by atoms with van der Waals surface area (Å²) in [6, 6.07) is 0. The molecule has 0 aromatic carbocycles. The second-order valence-electron chi connectivity index (χ2n) is 1.78. The van der Waals surface area contributed by atoms with E-state index in [1.165, 1.54) is 0 Å². The van der Waals surface area contributed by atoms with Crippen LogP contribution in [0.1, 0.15) is 0 Å². The van der Waals surface area contributed by atoms with Gasteiger partial charge in [-0.1, -0.05) is 11.3 Å². The van der Waals surface area contributed by atoms with Crippen molar-refractivity contribution in [1.29, 1.82) is 0 Å². The van der Waals surface area contributed by atoms with Gasteiger partial charge in [0, 0.05) is 0 Å². The molecule has 0 aromatic rings. The Morgan fingerprint density at radius 2 is 2.25 bits per heavy atom. The van der Waals surface area contributed by atoms with Gasteiger partial charge in [0.2, 0.25) is 0 Å². The van der Waals surface area contributed by atoms with Gasteiger partial charge in [-0.2, -0.15) is 0 Å². The van der Waals surface area contributed by atoms with Gasteiger partial charge in [0.05, 0.1) is 21.7 Å². The summed E-state index contributed by atoms with van der Waals surface area (Å²) in [5, 5.41) is 0.782. The first-order valence-electron chi connectivity index (χ1n) is 2.21. The maximum absolute atomic E-state index is 10.6. The quantitative estimate of drug-likeness (QED) is 0.429. The van der Waals surface area contributed by atoms with Gasteiger partial charge in [-0.25, -0.2) is 8.42 Å². The highest BCUT2D eigenvalue weighted by molar-refractivity contribution is 7.92. The molecule has 0 saturated carbocycles. The van der Waals surface area contributed by atoms with Crippen LogP contribution < -0.4 is 0 Å². The monoisotopic (exact) mass is 145 g/mol. The molecule has 4 heteroatoms. The average Bonchev–Trinajstić information content (AvgIpc) is 1.82. The Kier molecular flexibility index (Phi) is 1.28. The van der Waals surface area contributed by atoms with Crippen molar-refractivity contribution in [3.63, 3.8) is 0 Å². The molecule has 0 aromatic heterocycles. The van der Waals surface area contributed by atoms with E-state index in [2.05, 4.69) is 10.2 Å². The second kappa shape index (κ2) is 1.70. The molecule has 0 atom stereocenters. The zero-order valence-electron chi connectivity index (χ0n) is 4.22. The molecule has 0 amide bonds. The van der Waals surface area contributed by atoms with Crippen molar-refractivity contribution in [2.24, 2.45) is 0 Å². The van der Waals surface area contributed by atoms with E-state index in [-0.39, 0.29) is 11.5 Å². The van der Waals surface area contributed by atoms with E-state index >= 15 is 0 Å². The molecule has 43 valence electrons. The summed E-state index contributed by atoms with van der Waals surface area (Å²) in [5.41, 5.74) is 0. The Hall–Kier alpha value is -0.0931. The lowest BCUT2D eigenvalue weighted by Crippen LogP contribution is -2.02. The fraction of sp³-hybridized carbons (Fsp3) is 0.500. The molecule has 0 spiro atoms. The molecule has 0 N–H and O–H groups in total. The summed E-state index contributed by atoms with van der Waals surface area (Å²) in [6.07, 6.45) is 1.67. The summed E-state index contributed by atoms with van der Waals surface area (Å²) in [4.78, 5) is 0. The average molecular weight is 145 g/mol. The van der Waals surface area contributed by atoms with Crippen LogP contribution >= 0.6 is 0 Å². The molecule has 1 heterocycles. The fourth-order valence-corrected chi connectivity index (χ4v) is 2.66. The van der Waals surface area contributed by atoms with Crippen LogP contribution in [-0.4, -0.2) is 30.2 Å². The number of hydrogen-bond acceptors (Lipinski definition) is 2. The van der Waals surface area contributed by atoms with E-state index in [1.807, 2.05) is 0 Å². The van der Waals surface area contributed by atoms with Crippen LogP contribution in [0.5, 0.6) is 0 Å². The summed E-state index contributed by atoms with van der Waals surface area (Å²) in [7, 11) is 0.406. The first-order valence-corrected chi connectivity index (χ1v) is 4.53. The zero-order chi connectivity index (χ0) is 6.20. The van der Waals surface area contributed by atoms with Crippen molar-refractivity contribution in [2.75, 3.05) is 11.5 Å². The third-order valence-corrected chi connectivity index (χ3v) is 3.02. The topological polar surface area (TPSA) is 34.1 Å². The van der Waals surface area contributed by atoms with Crippen LogP contribution in [0, 0.1) is 0 Å². The van der Waals surface area contributed by atoms with E-state index in [1.54, 1.807) is 6.08 Å². The van der Waals surface area contributed by atoms with Crippen LogP contribution in [0.2, 0.25) is 0 Å². The van der Waals surface area contributed by atoms with Crippen LogP contribution in [0.25, 0.3) is 0 Å². The highest BCUT2D eigenvalue weighted by atomic mass is 32.2. The highest BCUT2D eigenvalue weighted by Gasteiger charge is 2.15. The van der Waals surface area contributed by atoms with E-state index in [0.717, 1.165) is 5.20 Å². The van der Waals surface area contributed by atoms with Gasteiger partial charge in [-0.15, -0.1) is 0 Å². The molecule has 1 rings (SSSR count). The molecule has 0 fully saturated rings.